The molecule has 1 amide bonds. The molecule has 0 spiro atoms. The number of amides is 1. The van der Waals surface area contributed by atoms with E-state index in [1.807, 2.05) is 30.3 Å². The Morgan fingerprint density at radius 1 is 1.28 bits per heavy atom. The first-order chi connectivity index (χ1) is 8.68. The van der Waals surface area contributed by atoms with Crippen molar-refractivity contribution in [1.82, 2.24) is 14.9 Å². The molecular formula is C14H17N3O. The Labute approximate surface area is 107 Å². The third-order valence-electron chi connectivity index (χ3n) is 2.84. The van der Waals surface area contributed by atoms with Crippen molar-refractivity contribution in [3.05, 3.63) is 54.6 Å². The van der Waals surface area contributed by atoms with Crippen molar-refractivity contribution in [2.24, 2.45) is 5.92 Å². The summed E-state index contributed by atoms with van der Waals surface area (Å²) in [4.78, 5) is 15.9. The van der Waals surface area contributed by atoms with E-state index in [4.69, 9.17) is 0 Å². The van der Waals surface area contributed by atoms with Crippen molar-refractivity contribution >= 4 is 6.03 Å². The van der Waals surface area contributed by atoms with Gasteiger partial charge in [0, 0.05) is 12.4 Å². The summed E-state index contributed by atoms with van der Waals surface area (Å²) in [6, 6.07) is 9.83. The van der Waals surface area contributed by atoms with E-state index < -0.39 is 0 Å². The largest absolute Gasteiger partial charge is 0.330 e. The topological polar surface area (TPSA) is 46.9 Å². The van der Waals surface area contributed by atoms with Gasteiger partial charge in [0.25, 0.3) is 0 Å². The van der Waals surface area contributed by atoms with Crippen LogP contribution in [0, 0.1) is 5.92 Å². The van der Waals surface area contributed by atoms with Gasteiger partial charge in [0.2, 0.25) is 0 Å². The minimum atomic E-state index is -0.157. The molecule has 2 rings (SSSR count). The van der Waals surface area contributed by atoms with Gasteiger partial charge >= 0.3 is 6.03 Å². The van der Waals surface area contributed by atoms with Gasteiger partial charge in [-0.05, 0) is 11.5 Å². The van der Waals surface area contributed by atoms with Crippen molar-refractivity contribution in [2.45, 2.75) is 19.9 Å². The van der Waals surface area contributed by atoms with E-state index in [0.29, 0.717) is 5.92 Å². The number of imidazole rings is 1. The van der Waals surface area contributed by atoms with Crippen LogP contribution in [0.25, 0.3) is 0 Å². The minimum absolute atomic E-state index is 0.00102. The van der Waals surface area contributed by atoms with E-state index >= 15 is 0 Å². The van der Waals surface area contributed by atoms with Crippen molar-refractivity contribution in [1.29, 1.82) is 0 Å². The maximum absolute atomic E-state index is 12.0. The molecule has 0 saturated carbocycles. The SMILES string of the molecule is CC(C)C(NC(=O)n1ccnc1)c1ccccc1. The van der Waals surface area contributed by atoms with Gasteiger partial charge in [-0.2, -0.15) is 0 Å². The monoisotopic (exact) mass is 243 g/mol. The third-order valence-corrected chi connectivity index (χ3v) is 2.84. The van der Waals surface area contributed by atoms with E-state index in [0.717, 1.165) is 5.56 Å². The number of hydrogen-bond donors (Lipinski definition) is 1. The second kappa shape index (κ2) is 5.49. The van der Waals surface area contributed by atoms with Crippen LogP contribution in [0.4, 0.5) is 4.79 Å². The highest BCUT2D eigenvalue weighted by molar-refractivity contribution is 5.76. The zero-order chi connectivity index (χ0) is 13.0. The molecule has 0 bridgehead atoms. The summed E-state index contributed by atoms with van der Waals surface area (Å²) in [7, 11) is 0. The van der Waals surface area contributed by atoms with Gasteiger partial charge in [0.1, 0.15) is 6.33 Å². The summed E-state index contributed by atoms with van der Waals surface area (Å²) in [5, 5.41) is 3.02. The van der Waals surface area contributed by atoms with Crippen molar-refractivity contribution in [3.8, 4) is 0 Å². The second-order valence-corrected chi connectivity index (χ2v) is 4.55. The van der Waals surface area contributed by atoms with Crippen LogP contribution in [0.5, 0.6) is 0 Å². The lowest BCUT2D eigenvalue weighted by molar-refractivity contribution is 0.234. The highest BCUT2D eigenvalue weighted by Crippen LogP contribution is 2.21. The first-order valence-corrected chi connectivity index (χ1v) is 6.02. The highest BCUT2D eigenvalue weighted by atomic mass is 16.2. The average Bonchev–Trinajstić information content (AvgIpc) is 2.90. The molecule has 4 nitrogen and oxygen atoms in total. The van der Waals surface area contributed by atoms with E-state index in [9.17, 15) is 4.79 Å². The summed E-state index contributed by atoms with van der Waals surface area (Å²) < 4.78 is 1.44. The van der Waals surface area contributed by atoms with E-state index in [1.54, 1.807) is 12.4 Å². The highest BCUT2D eigenvalue weighted by Gasteiger charge is 2.18. The molecule has 0 fully saturated rings. The van der Waals surface area contributed by atoms with E-state index in [2.05, 4.69) is 24.1 Å². The number of hydrogen-bond acceptors (Lipinski definition) is 2. The molecule has 0 saturated heterocycles. The van der Waals surface area contributed by atoms with Crippen LogP contribution < -0.4 is 5.32 Å². The normalized spacial score (nSPS) is 12.4. The smallest absolute Gasteiger partial charge is 0.327 e. The lowest BCUT2D eigenvalue weighted by atomic mass is 9.96. The van der Waals surface area contributed by atoms with Crippen LogP contribution in [0.15, 0.2) is 49.1 Å². The second-order valence-electron chi connectivity index (χ2n) is 4.55. The number of nitrogens with one attached hydrogen (secondary N) is 1. The van der Waals surface area contributed by atoms with Gasteiger partial charge < -0.3 is 5.32 Å². The molecule has 0 aliphatic heterocycles. The first kappa shape index (κ1) is 12.4. The van der Waals surface area contributed by atoms with Crippen LogP contribution >= 0.6 is 0 Å². The number of carbonyl (C=O) groups excluding carboxylic acids is 1. The van der Waals surface area contributed by atoms with Gasteiger partial charge in [0.15, 0.2) is 0 Å². The van der Waals surface area contributed by atoms with Crippen LogP contribution in [-0.4, -0.2) is 15.6 Å². The molecule has 94 valence electrons. The standard InChI is InChI=1S/C14H17N3O/c1-11(2)13(12-6-4-3-5-7-12)16-14(18)17-9-8-15-10-17/h3-11,13H,1-2H3,(H,16,18). The van der Waals surface area contributed by atoms with Crippen LogP contribution in [0.1, 0.15) is 25.5 Å². The summed E-state index contributed by atoms with van der Waals surface area (Å²) >= 11 is 0. The minimum Gasteiger partial charge on any atom is -0.330 e. The molecule has 1 aromatic carbocycles. The Morgan fingerprint density at radius 3 is 2.56 bits per heavy atom. The fraction of sp³-hybridized carbons (Fsp3) is 0.286. The third kappa shape index (κ3) is 2.77. The molecule has 4 heteroatoms. The molecule has 1 unspecified atom stereocenters. The lowest BCUT2D eigenvalue weighted by Crippen LogP contribution is -2.34. The molecule has 1 heterocycles. The molecule has 1 atom stereocenters. The van der Waals surface area contributed by atoms with Gasteiger partial charge in [0.05, 0.1) is 6.04 Å². The van der Waals surface area contributed by atoms with Gasteiger partial charge in [-0.25, -0.2) is 9.78 Å². The quantitative estimate of drug-likeness (QED) is 0.901. The van der Waals surface area contributed by atoms with Crippen LogP contribution in [0.2, 0.25) is 0 Å². The molecule has 18 heavy (non-hydrogen) atoms. The molecule has 2 aromatic rings. The number of benzene rings is 1. The van der Waals surface area contributed by atoms with Crippen LogP contribution in [0.3, 0.4) is 0 Å². The van der Waals surface area contributed by atoms with Crippen molar-refractivity contribution in [2.75, 3.05) is 0 Å². The lowest BCUT2D eigenvalue weighted by Gasteiger charge is -2.22. The number of aromatic nitrogens is 2. The fourth-order valence-corrected chi connectivity index (χ4v) is 1.88. The Hall–Kier alpha value is -2.10. The molecule has 1 N–H and O–H groups in total. The predicted octanol–water partition coefficient (Wildman–Crippen LogP) is 2.84. The maximum Gasteiger partial charge on any atom is 0.327 e. The molecule has 0 radical (unpaired) electrons. The summed E-state index contributed by atoms with van der Waals surface area (Å²) in [6.07, 6.45) is 4.72. The molecular weight excluding hydrogens is 226 g/mol. The summed E-state index contributed by atoms with van der Waals surface area (Å²) in [5.74, 6) is 0.319. The van der Waals surface area contributed by atoms with Crippen molar-refractivity contribution < 1.29 is 4.79 Å². The molecule has 0 aliphatic carbocycles. The molecule has 1 aromatic heterocycles. The molecule has 0 aliphatic rings. The summed E-state index contributed by atoms with van der Waals surface area (Å²) in [5.41, 5.74) is 1.11. The van der Waals surface area contributed by atoms with Gasteiger partial charge in [-0.15, -0.1) is 0 Å². The Kier molecular flexibility index (Phi) is 3.77. The van der Waals surface area contributed by atoms with E-state index in [-0.39, 0.29) is 12.1 Å². The zero-order valence-corrected chi connectivity index (χ0v) is 10.6. The van der Waals surface area contributed by atoms with Crippen molar-refractivity contribution in [3.63, 3.8) is 0 Å². The Bertz CT molecular complexity index is 491. The number of carbonyl (C=O) groups is 1. The van der Waals surface area contributed by atoms with E-state index in [1.165, 1.54) is 10.9 Å². The first-order valence-electron chi connectivity index (χ1n) is 6.02. The fourth-order valence-electron chi connectivity index (χ4n) is 1.88. The zero-order valence-electron chi connectivity index (χ0n) is 10.6. The number of rotatable bonds is 3. The predicted molar refractivity (Wildman–Crippen MR) is 70.2 cm³/mol. The van der Waals surface area contributed by atoms with Crippen LogP contribution in [-0.2, 0) is 0 Å². The maximum atomic E-state index is 12.0. The Morgan fingerprint density at radius 2 is 2.00 bits per heavy atom. The van der Waals surface area contributed by atoms with Gasteiger partial charge in [-0.1, -0.05) is 44.2 Å². The van der Waals surface area contributed by atoms with Gasteiger partial charge in [-0.3, -0.25) is 4.57 Å². The average molecular weight is 243 g/mol. The Balaban J connectivity index is 2.15. The number of nitrogens with zero attached hydrogens (tertiary/aromatic N) is 2. The summed E-state index contributed by atoms with van der Waals surface area (Å²) in [6.45, 7) is 4.18.